The van der Waals surface area contributed by atoms with Gasteiger partial charge in [-0.05, 0) is 42.3 Å². The molecule has 2 saturated heterocycles. The third-order valence-corrected chi connectivity index (χ3v) is 5.24. The van der Waals surface area contributed by atoms with Gasteiger partial charge in [-0.25, -0.2) is 0 Å². The summed E-state index contributed by atoms with van der Waals surface area (Å²) < 4.78 is 17.2. The van der Waals surface area contributed by atoms with E-state index < -0.39 is 0 Å². The first kappa shape index (κ1) is 17.9. The Hall–Kier alpha value is -2.44. The van der Waals surface area contributed by atoms with Crippen LogP contribution in [0, 0.1) is 0 Å². The fourth-order valence-corrected chi connectivity index (χ4v) is 3.75. The Kier molecular flexibility index (Phi) is 5.09. The molecule has 2 aromatic rings. The van der Waals surface area contributed by atoms with Crippen molar-refractivity contribution in [2.24, 2.45) is 0 Å². The second kappa shape index (κ2) is 7.66. The van der Waals surface area contributed by atoms with Gasteiger partial charge < -0.3 is 19.1 Å². The summed E-state index contributed by atoms with van der Waals surface area (Å²) in [4.78, 5) is 18.6. The molecule has 4 rings (SSSR count). The van der Waals surface area contributed by atoms with Crippen molar-refractivity contribution < 1.29 is 19.0 Å². The zero-order valence-electron chi connectivity index (χ0n) is 15.5. The minimum Gasteiger partial charge on any atom is -0.497 e. The van der Waals surface area contributed by atoms with E-state index in [4.69, 9.17) is 14.2 Å². The van der Waals surface area contributed by atoms with Crippen molar-refractivity contribution in [3.05, 3.63) is 59.9 Å². The lowest BCUT2D eigenvalue weighted by Crippen LogP contribution is -2.67. The highest BCUT2D eigenvalue weighted by Gasteiger charge is 2.49. The molecule has 0 aliphatic carbocycles. The predicted molar refractivity (Wildman–Crippen MR) is 99.6 cm³/mol. The number of benzene rings is 1. The number of carbonyl (C=O) groups is 1. The van der Waals surface area contributed by atoms with Crippen molar-refractivity contribution in [3.63, 3.8) is 0 Å². The van der Waals surface area contributed by atoms with E-state index in [1.807, 2.05) is 35.4 Å². The number of methoxy groups -OCH3 is 1. The molecule has 3 heterocycles. The zero-order chi connectivity index (χ0) is 18.7. The van der Waals surface area contributed by atoms with Gasteiger partial charge in [-0.1, -0.05) is 6.07 Å². The third kappa shape index (κ3) is 3.96. The van der Waals surface area contributed by atoms with Gasteiger partial charge in [0, 0.05) is 31.0 Å². The van der Waals surface area contributed by atoms with Crippen LogP contribution in [-0.2, 0) is 16.1 Å². The van der Waals surface area contributed by atoms with E-state index in [1.165, 1.54) is 0 Å². The first-order valence-corrected chi connectivity index (χ1v) is 9.25. The molecule has 0 bridgehead atoms. The Labute approximate surface area is 159 Å². The summed E-state index contributed by atoms with van der Waals surface area (Å²) in [5.74, 6) is 0.779. The van der Waals surface area contributed by atoms with E-state index >= 15 is 0 Å². The monoisotopic (exact) mass is 368 g/mol. The molecule has 1 aromatic heterocycles. The van der Waals surface area contributed by atoms with Gasteiger partial charge in [-0.2, -0.15) is 0 Å². The summed E-state index contributed by atoms with van der Waals surface area (Å²) in [7, 11) is 1.61. The predicted octanol–water partition coefficient (Wildman–Crippen LogP) is 2.68. The van der Waals surface area contributed by atoms with Crippen molar-refractivity contribution in [2.75, 3.05) is 26.8 Å². The van der Waals surface area contributed by atoms with Crippen molar-refractivity contribution in [1.29, 1.82) is 0 Å². The maximum Gasteiger partial charge on any atom is 0.254 e. The number of amides is 1. The van der Waals surface area contributed by atoms with Crippen molar-refractivity contribution in [3.8, 4) is 5.75 Å². The maximum atomic E-state index is 12.6. The SMILES string of the molecule is COc1ccc(C(=O)N2CC3(CC(OCc4cccnc4)CCO3)C2)cc1. The Bertz CT molecular complexity index is 773. The zero-order valence-corrected chi connectivity index (χ0v) is 15.5. The summed E-state index contributed by atoms with van der Waals surface area (Å²) in [6.07, 6.45) is 5.44. The second-order valence-corrected chi connectivity index (χ2v) is 7.21. The molecular weight excluding hydrogens is 344 g/mol. The Morgan fingerprint density at radius 2 is 2.11 bits per heavy atom. The highest BCUT2D eigenvalue weighted by Crippen LogP contribution is 2.36. The molecule has 142 valence electrons. The van der Waals surface area contributed by atoms with Gasteiger partial charge in [-0.3, -0.25) is 9.78 Å². The molecular formula is C21H24N2O4. The van der Waals surface area contributed by atoms with Gasteiger partial charge in [0.15, 0.2) is 0 Å². The summed E-state index contributed by atoms with van der Waals surface area (Å²) >= 11 is 0. The van der Waals surface area contributed by atoms with Gasteiger partial charge in [0.25, 0.3) is 5.91 Å². The number of nitrogens with zero attached hydrogens (tertiary/aromatic N) is 2. The highest BCUT2D eigenvalue weighted by atomic mass is 16.5. The van der Waals surface area contributed by atoms with Crippen LogP contribution in [0.4, 0.5) is 0 Å². The molecule has 0 radical (unpaired) electrons. The molecule has 1 aromatic carbocycles. The number of ether oxygens (including phenoxy) is 3. The first-order valence-electron chi connectivity index (χ1n) is 9.25. The van der Waals surface area contributed by atoms with Crippen LogP contribution in [-0.4, -0.2) is 54.3 Å². The highest BCUT2D eigenvalue weighted by molar-refractivity contribution is 5.95. The number of likely N-dealkylation sites (tertiary alicyclic amines) is 1. The summed E-state index contributed by atoms with van der Waals surface area (Å²) in [5, 5.41) is 0. The Morgan fingerprint density at radius 3 is 2.81 bits per heavy atom. The topological polar surface area (TPSA) is 60.9 Å². The maximum absolute atomic E-state index is 12.6. The normalized spacial score (nSPS) is 20.9. The fraction of sp³-hybridized carbons (Fsp3) is 0.429. The van der Waals surface area contributed by atoms with Crippen LogP contribution in [0.3, 0.4) is 0 Å². The molecule has 27 heavy (non-hydrogen) atoms. The second-order valence-electron chi connectivity index (χ2n) is 7.21. The van der Waals surface area contributed by atoms with Gasteiger partial charge >= 0.3 is 0 Å². The fourth-order valence-electron chi connectivity index (χ4n) is 3.75. The van der Waals surface area contributed by atoms with Crippen LogP contribution in [0.15, 0.2) is 48.8 Å². The number of pyridine rings is 1. The van der Waals surface area contributed by atoms with E-state index in [0.29, 0.717) is 31.9 Å². The molecule has 6 heteroatoms. The molecule has 0 saturated carbocycles. The molecule has 1 unspecified atom stereocenters. The van der Waals surface area contributed by atoms with Crippen LogP contribution in [0.5, 0.6) is 5.75 Å². The largest absolute Gasteiger partial charge is 0.497 e. The lowest BCUT2D eigenvalue weighted by atomic mass is 9.84. The molecule has 0 N–H and O–H groups in total. The number of carbonyl (C=O) groups excluding carboxylic acids is 1. The smallest absolute Gasteiger partial charge is 0.254 e. The minimum absolute atomic E-state index is 0.0327. The van der Waals surface area contributed by atoms with E-state index in [1.54, 1.807) is 25.4 Å². The lowest BCUT2D eigenvalue weighted by molar-refractivity contribution is -0.188. The Balaban J connectivity index is 1.30. The lowest BCUT2D eigenvalue weighted by Gasteiger charge is -2.53. The molecule has 2 fully saturated rings. The van der Waals surface area contributed by atoms with Crippen LogP contribution >= 0.6 is 0 Å². The van der Waals surface area contributed by atoms with Gasteiger partial charge in [-0.15, -0.1) is 0 Å². The summed E-state index contributed by atoms with van der Waals surface area (Å²) in [6, 6.07) is 11.1. The number of hydrogen-bond donors (Lipinski definition) is 0. The number of aromatic nitrogens is 1. The molecule has 2 aliphatic heterocycles. The van der Waals surface area contributed by atoms with E-state index in [-0.39, 0.29) is 17.6 Å². The number of hydrogen-bond acceptors (Lipinski definition) is 5. The summed E-state index contributed by atoms with van der Waals surface area (Å²) in [6.45, 7) is 2.46. The Morgan fingerprint density at radius 1 is 1.30 bits per heavy atom. The molecule has 1 spiro atoms. The van der Waals surface area contributed by atoms with Crippen LogP contribution in [0.25, 0.3) is 0 Å². The summed E-state index contributed by atoms with van der Waals surface area (Å²) in [5.41, 5.74) is 1.48. The van der Waals surface area contributed by atoms with Crippen LogP contribution in [0.1, 0.15) is 28.8 Å². The van der Waals surface area contributed by atoms with Gasteiger partial charge in [0.05, 0.1) is 32.9 Å². The minimum atomic E-state index is -0.264. The van der Waals surface area contributed by atoms with Crippen molar-refractivity contribution >= 4 is 5.91 Å². The van der Waals surface area contributed by atoms with E-state index in [0.717, 1.165) is 24.2 Å². The number of rotatable bonds is 5. The molecule has 1 amide bonds. The first-order chi connectivity index (χ1) is 13.2. The molecule has 1 atom stereocenters. The quantitative estimate of drug-likeness (QED) is 0.812. The van der Waals surface area contributed by atoms with Gasteiger partial charge in [0.2, 0.25) is 0 Å². The van der Waals surface area contributed by atoms with Crippen LogP contribution in [0.2, 0.25) is 0 Å². The van der Waals surface area contributed by atoms with E-state index in [9.17, 15) is 4.79 Å². The van der Waals surface area contributed by atoms with Crippen LogP contribution < -0.4 is 4.74 Å². The molecule has 6 nitrogen and oxygen atoms in total. The average molecular weight is 368 g/mol. The van der Waals surface area contributed by atoms with Crippen molar-refractivity contribution in [1.82, 2.24) is 9.88 Å². The average Bonchev–Trinajstić information content (AvgIpc) is 2.71. The standard InChI is InChI=1S/C21H24N2O4/c1-25-18-6-4-17(5-7-18)20(24)23-14-21(15-23)11-19(8-10-27-21)26-13-16-3-2-9-22-12-16/h2-7,9,12,19H,8,10-11,13-15H2,1H3. The third-order valence-electron chi connectivity index (χ3n) is 5.24. The molecule has 2 aliphatic rings. The van der Waals surface area contributed by atoms with E-state index in [2.05, 4.69) is 4.98 Å². The van der Waals surface area contributed by atoms with Gasteiger partial charge in [0.1, 0.15) is 11.4 Å². The van der Waals surface area contributed by atoms with Crippen molar-refractivity contribution in [2.45, 2.75) is 31.2 Å².